The lowest BCUT2D eigenvalue weighted by molar-refractivity contribution is -0.0521. The van der Waals surface area contributed by atoms with Crippen molar-refractivity contribution in [3.05, 3.63) is 87.5 Å². The first-order valence-electron chi connectivity index (χ1n) is 14.4. The van der Waals surface area contributed by atoms with Crippen LogP contribution in [0.4, 0.5) is 0 Å². The van der Waals surface area contributed by atoms with Crippen molar-refractivity contribution in [3.8, 4) is 22.3 Å². The van der Waals surface area contributed by atoms with Crippen LogP contribution in [0, 0.1) is 50.9 Å². The van der Waals surface area contributed by atoms with Crippen LogP contribution in [0.3, 0.4) is 0 Å². The standard InChI is InChI=1S/C36H40/c1-22-7-23(2)10-30(9-22)32-5-6-33(31-11-24(3)8-25(4)12-31)35-17-29(16-34(32)35)21-36-18-26-13-27(19-36)15-28(14-26)20-36/h5-12,16,26-28H,13-15,17-21H2,1-4H3. The van der Waals surface area contributed by atoms with E-state index in [4.69, 9.17) is 0 Å². The molecule has 36 heavy (non-hydrogen) atoms. The smallest absolute Gasteiger partial charge is 0.00512 e. The van der Waals surface area contributed by atoms with Gasteiger partial charge >= 0.3 is 0 Å². The summed E-state index contributed by atoms with van der Waals surface area (Å²) in [6, 6.07) is 18.9. The minimum Gasteiger partial charge on any atom is -0.0646 e. The Balaban J connectivity index is 1.32. The number of allylic oxidation sites excluding steroid dienone is 1. The molecule has 0 aliphatic heterocycles. The van der Waals surface area contributed by atoms with Crippen LogP contribution in [0.15, 0.2) is 54.1 Å². The highest BCUT2D eigenvalue weighted by atomic mass is 14.6. The van der Waals surface area contributed by atoms with Crippen molar-refractivity contribution >= 4 is 6.08 Å². The fourth-order valence-electron chi connectivity index (χ4n) is 9.39. The summed E-state index contributed by atoms with van der Waals surface area (Å²) in [5.41, 5.74) is 16.4. The molecule has 0 aromatic heterocycles. The summed E-state index contributed by atoms with van der Waals surface area (Å²) in [5.74, 6) is 3.08. The van der Waals surface area contributed by atoms with Gasteiger partial charge in [0.1, 0.15) is 0 Å². The molecule has 8 rings (SSSR count). The van der Waals surface area contributed by atoms with E-state index in [1.807, 2.05) is 0 Å². The van der Waals surface area contributed by atoms with Gasteiger partial charge in [-0.2, -0.15) is 0 Å². The topological polar surface area (TPSA) is 0 Å². The molecule has 5 aliphatic carbocycles. The van der Waals surface area contributed by atoms with E-state index in [1.165, 1.54) is 95.0 Å². The summed E-state index contributed by atoms with van der Waals surface area (Å²) < 4.78 is 0. The van der Waals surface area contributed by atoms with E-state index in [2.05, 4.69) is 82.3 Å². The van der Waals surface area contributed by atoms with Crippen LogP contribution in [0.1, 0.15) is 78.3 Å². The molecule has 0 saturated heterocycles. The van der Waals surface area contributed by atoms with Crippen LogP contribution in [0.5, 0.6) is 0 Å². The van der Waals surface area contributed by atoms with Gasteiger partial charge in [0.05, 0.1) is 0 Å². The number of benzene rings is 3. The quantitative estimate of drug-likeness (QED) is 0.354. The van der Waals surface area contributed by atoms with Crippen LogP contribution in [-0.2, 0) is 6.42 Å². The van der Waals surface area contributed by atoms with Crippen molar-refractivity contribution in [1.82, 2.24) is 0 Å². The van der Waals surface area contributed by atoms with Gasteiger partial charge in [-0.05, 0) is 136 Å². The van der Waals surface area contributed by atoms with E-state index in [0.29, 0.717) is 5.41 Å². The molecule has 3 aromatic rings. The van der Waals surface area contributed by atoms with Gasteiger partial charge in [-0.25, -0.2) is 0 Å². The summed E-state index contributed by atoms with van der Waals surface area (Å²) >= 11 is 0. The van der Waals surface area contributed by atoms with Crippen LogP contribution in [0.2, 0.25) is 0 Å². The minimum atomic E-state index is 0.600. The zero-order valence-corrected chi connectivity index (χ0v) is 22.6. The second kappa shape index (κ2) is 8.20. The number of hydrogen-bond donors (Lipinski definition) is 0. The molecule has 4 bridgehead atoms. The van der Waals surface area contributed by atoms with Crippen molar-refractivity contribution < 1.29 is 0 Å². The summed E-state index contributed by atoms with van der Waals surface area (Å²) in [6.07, 6.45) is 14.2. The van der Waals surface area contributed by atoms with Gasteiger partial charge < -0.3 is 0 Å². The Morgan fingerprint density at radius 1 is 0.639 bits per heavy atom. The lowest BCUT2D eigenvalue weighted by Crippen LogP contribution is -2.46. The number of fused-ring (bicyclic) bond motifs is 1. The van der Waals surface area contributed by atoms with Crippen LogP contribution in [0.25, 0.3) is 28.3 Å². The van der Waals surface area contributed by atoms with E-state index in [9.17, 15) is 0 Å². The van der Waals surface area contributed by atoms with Gasteiger partial charge in [0.15, 0.2) is 0 Å². The van der Waals surface area contributed by atoms with Crippen LogP contribution in [-0.4, -0.2) is 0 Å². The lowest BCUT2D eigenvalue weighted by Gasteiger charge is -2.57. The molecule has 0 atom stereocenters. The molecular formula is C36H40. The zero-order chi connectivity index (χ0) is 24.6. The Bertz CT molecular complexity index is 1320. The molecule has 0 nitrogen and oxygen atoms in total. The van der Waals surface area contributed by atoms with E-state index in [-0.39, 0.29) is 0 Å². The first kappa shape index (κ1) is 22.6. The molecule has 0 heterocycles. The van der Waals surface area contributed by atoms with Gasteiger partial charge in [0.2, 0.25) is 0 Å². The fraction of sp³-hybridized carbons (Fsp3) is 0.444. The molecule has 184 valence electrons. The highest BCUT2D eigenvalue weighted by molar-refractivity contribution is 5.87. The van der Waals surface area contributed by atoms with E-state index < -0.39 is 0 Å². The molecule has 0 heteroatoms. The normalized spacial score (nSPS) is 27.9. The number of rotatable bonds is 4. The maximum atomic E-state index is 2.63. The van der Waals surface area contributed by atoms with Gasteiger partial charge in [-0.3, -0.25) is 0 Å². The zero-order valence-electron chi connectivity index (χ0n) is 22.6. The third-order valence-electron chi connectivity index (χ3n) is 9.94. The first-order chi connectivity index (χ1) is 17.3. The van der Waals surface area contributed by atoms with Gasteiger partial charge in [0.25, 0.3) is 0 Å². The summed E-state index contributed by atoms with van der Waals surface area (Å²) in [5, 5.41) is 0. The molecule has 4 saturated carbocycles. The highest BCUT2D eigenvalue weighted by Gasteiger charge is 2.51. The molecule has 0 N–H and O–H groups in total. The Labute approximate surface area is 217 Å². The van der Waals surface area contributed by atoms with Gasteiger partial charge in [-0.1, -0.05) is 82.4 Å². The van der Waals surface area contributed by atoms with Gasteiger partial charge in [-0.15, -0.1) is 0 Å². The summed E-state index contributed by atoms with van der Waals surface area (Å²) in [7, 11) is 0. The molecule has 5 aliphatic rings. The highest BCUT2D eigenvalue weighted by Crippen LogP contribution is 2.62. The molecule has 0 spiro atoms. The van der Waals surface area contributed by atoms with Crippen LogP contribution < -0.4 is 0 Å². The lowest BCUT2D eigenvalue weighted by atomic mass is 9.48. The van der Waals surface area contributed by atoms with Crippen molar-refractivity contribution in [1.29, 1.82) is 0 Å². The number of hydrogen-bond acceptors (Lipinski definition) is 0. The van der Waals surface area contributed by atoms with Crippen molar-refractivity contribution in [2.24, 2.45) is 23.2 Å². The first-order valence-corrected chi connectivity index (χ1v) is 14.4. The van der Waals surface area contributed by atoms with E-state index >= 15 is 0 Å². The number of aryl methyl sites for hydroxylation is 4. The second-order valence-electron chi connectivity index (χ2n) is 13.4. The maximum Gasteiger partial charge on any atom is -0.00512 e. The van der Waals surface area contributed by atoms with Crippen molar-refractivity contribution in [2.75, 3.05) is 0 Å². The monoisotopic (exact) mass is 472 g/mol. The second-order valence-corrected chi connectivity index (χ2v) is 13.4. The molecule has 0 amide bonds. The van der Waals surface area contributed by atoms with E-state index in [0.717, 1.165) is 24.2 Å². The fourth-order valence-corrected chi connectivity index (χ4v) is 9.39. The summed E-state index contributed by atoms with van der Waals surface area (Å²) in [4.78, 5) is 0. The van der Waals surface area contributed by atoms with Crippen LogP contribution >= 0.6 is 0 Å². The summed E-state index contributed by atoms with van der Waals surface area (Å²) in [6.45, 7) is 8.93. The van der Waals surface area contributed by atoms with E-state index in [1.54, 1.807) is 11.1 Å². The Morgan fingerprint density at radius 3 is 1.64 bits per heavy atom. The predicted octanol–water partition coefficient (Wildman–Crippen LogP) is 9.80. The largest absolute Gasteiger partial charge is 0.0646 e. The Kier molecular flexibility index (Phi) is 5.15. The Morgan fingerprint density at radius 2 is 1.11 bits per heavy atom. The SMILES string of the molecule is Cc1cc(C)cc(-c2ccc(-c3cc(C)cc(C)c3)c3c2C=C(CC24CC5CC(CC(C5)C2)C4)C3)c1. The average Bonchev–Trinajstić information content (AvgIpc) is 3.18. The molecule has 0 radical (unpaired) electrons. The maximum absolute atomic E-state index is 2.63. The molecular weight excluding hydrogens is 432 g/mol. The van der Waals surface area contributed by atoms with Gasteiger partial charge in [0, 0.05) is 0 Å². The third kappa shape index (κ3) is 3.89. The molecule has 3 aromatic carbocycles. The molecule has 0 unspecified atom stereocenters. The van der Waals surface area contributed by atoms with Crippen molar-refractivity contribution in [2.45, 2.75) is 79.1 Å². The Hall–Kier alpha value is -2.60. The van der Waals surface area contributed by atoms with Crippen molar-refractivity contribution in [3.63, 3.8) is 0 Å². The third-order valence-corrected chi connectivity index (χ3v) is 9.94. The average molecular weight is 473 g/mol. The predicted molar refractivity (Wildman–Crippen MR) is 153 cm³/mol. The molecule has 4 fully saturated rings. The minimum absolute atomic E-state index is 0.600.